The molecule has 136 valence electrons. The third kappa shape index (κ3) is 3.70. The van der Waals surface area contributed by atoms with Gasteiger partial charge >= 0.3 is 0 Å². The molecular formula is C20H17BrN4OS. The van der Waals surface area contributed by atoms with Crippen LogP contribution in [0, 0.1) is 0 Å². The number of halogens is 1. The highest BCUT2D eigenvalue weighted by molar-refractivity contribution is 9.10. The third-order valence-corrected chi connectivity index (χ3v) is 5.90. The molecule has 3 aromatic rings. The Hall–Kier alpha value is -2.38. The summed E-state index contributed by atoms with van der Waals surface area (Å²) in [6, 6.07) is 17.7. The van der Waals surface area contributed by atoms with Crippen molar-refractivity contribution in [3.8, 4) is 5.69 Å². The second-order valence-corrected chi connectivity index (χ2v) is 8.25. The molecule has 5 nitrogen and oxygen atoms in total. The fourth-order valence-electron chi connectivity index (χ4n) is 2.85. The van der Waals surface area contributed by atoms with E-state index in [0.29, 0.717) is 10.9 Å². The van der Waals surface area contributed by atoms with Crippen molar-refractivity contribution in [1.29, 1.82) is 0 Å². The molecule has 0 saturated carbocycles. The quantitative estimate of drug-likeness (QED) is 0.658. The number of amides is 1. The third-order valence-electron chi connectivity index (χ3n) is 4.43. The number of carbonyl (C=O) groups excluding carboxylic acids is 1. The molecule has 2 heterocycles. The Morgan fingerprint density at radius 1 is 1.15 bits per heavy atom. The van der Waals surface area contributed by atoms with Crippen molar-refractivity contribution in [2.24, 2.45) is 4.99 Å². The lowest BCUT2D eigenvalue weighted by Gasteiger charge is -2.17. The van der Waals surface area contributed by atoms with Gasteiger partial charge in [0.2, 0.25) is 0 Å². The molecule has 1 atom stereocenters. The molecule has 7 heteroatoms. The van der Waals surface area contributed by atoms with Crippen LogP contribution in [-0.2, 0) is 16.1 Å². The Bertz CT molecular complexity index is 1000. The summed E-state index contributed by atoms with van der Waals surface area (Å²) in [5.74, 6) is 0.579. The number of hydrogen-bond donors (Lipinski definition) is 1. The van der Waals surface area contributed by atoms with Gasteiger partial charge in [-0.2, -0.15) is 5.10 Å². The summed E-state index contributed by atoms with van der Waals surface area (Å²) in [6.45, 7) is 1.84. The maximum atomic E-state index is 12.5. The zero-order valence-electron chi connectivity index (χ0n) is 14.6. The number of aromatic nitrogens is 2. The van der Waals surface area contributed by atoms with Crippen molar-refractivity contribution in [3.63, 3.8) is 0 Å². The summed E-state index contributed by atoms with van der Waals surface area (Å²) >= 11 is 4.92. The summed E-state index contributed by atoms with van der Waals surface area (Å²) in [6.07, 6.45) is 3.83. The summed E-state index contributed by atoms with van der Waals surface area (Å²) in [5, 5.41) is 7.94. The van der Waals surface area contributed by atoms with E-state index < -0.39 is 5.54 Å². The molecule has 0 saturated heterocycles. The number of thioether (sulfide) groups is 1. The van der Waals surface area contributed by atoms with Crippen molar-refractivity contribution in [3.05, 3.63) is 82.6 Å². The van der Waals surface area contributed by atoms with Crippen molar-refractivity contribution in [2.75, 3.05) is 0 Å². The minimum atomic E-state index is -0.892. The van der Waals surface area contributed by atoms with Crippen LogP contribution < -0.4 is 5.32 Å². The summed E-state index contributed by atoms with van der Waals surface area (Å²) in [5.41, 5.74) is 2.06. The van der Waals surface area contributed by atoms with E-state index in [2.05, 4.69) is 31.3 Å². The Labute approximate surface area is 170 Å². The highest BCUT2D eigenvalue weighted by Crippen LogP contribution is 2.32. The number of nitrogens with zero attached hydrogens (tertiary/aromatic N) is 3. The molecule has 4 rings (SSSR count). The molecule has 27 heavy (non-hydrogen) atoms. The number of benzene rings is 2. The minimum absolute atomic E-state index is 0.104. The molecule has 0 radical (unpaired) electrons. The molecule has 0 bridgehead atoms. The van der Waals surface area contributed by atoms with Gasteiger partial charge in [-0.1, -0.05) is 58.0 Å². The number of carbonyl (C=O) groups is 1. The number of aliphatic imine (C=N–C) groups is 1. The number of hydrogen-bond acceptors (Lipinski definition) is 4. The number of amidine groups is 1. The highest BCUT2D eigenvalue weighted by atomic mass is 79.9. The summed E-state index contributed by atoms with van der Waals surface area (Å²) in [7, 11) is 0. The van der Waals surface area contributed by atoms with Gasteiger partial charge in [0.05, 0.1) is 11.9 Å². The first kappa shape index (κ1) is 18.0. The number of rotatable bonds is 4. The van der Waals surface area contributed by atoms with Crippen molar-refractivity contribution >= 4 is 38.8 Å². The largest absolute Gasteiger partial charge is 0.303 e. The Balaban J connectivity index is 1.47. The van der Waals surface area contributed by atoms with E-state index in [1.165, 1.54) is 11.8 Å². The maximum absolute atomic E-state index is 12.5. The molecule has 1 aliphatic heterocycles. The topological polar surface area (TPSA) is 59.3 Å². The molecule has 0 spiro atoms. The monoisotopic (exact) mass is 440 g/mol. The fourth-order valence-corrected chi connectivity index (χ4v) is 3.98. The van der Waals surface area contributed by atoms with Crippen LogP contribution in [0.15, 0.2) is 76.5 Å². The van der Waals surface area contributed by atoms with Crippen LogP contribution >= 0.6 is 27.7 Å². The summed E-state index contributed by atoms with van der Waals surface area (Å²) < 4.78 is 2.82. The normalized spacial score (nSPS) is 19.0. The van der Waals surface area contributed by atoms with Crippen LogP contribution in [0.5, 0.6) is 0 Å². The van der Waals surface area contributed by atoms with Crippen LogP contribution in [0.2, 0.25) is 0 Å². The van der Waals surface area contributed by atoms with E-state index in [9.17, 15) is 4.79 Å². The van der Waals surface area contributed by atoms with E-state index in [-0.39, 0.29) is 5.91 Å². The maximum Gasteiger partial charge on any atom is 0.258 e. The second kappa shape index (κ2) is 7.32. The predicted octanol–water partition coefficient (Wildman–Crippen LogP) is 4.27. The second-order valence-electron chi connectivity index (χ2n) is 6.37. The van der Waals surface area contributed by atoms with Gasteiger partial charge in [-0.25, -0.2) is 9.67 Å². The van der Waals surface area contributed by atoms with Gasteiger partial charge in [-0.3, -0.25) is 4.79 Å². The predicted molar refractivity (Wildman–Crippen MR) is 112 cm³/mol. The lowest BCUT2D eigenvalue weighted by Crippen LogP contribution is -2.34. The van der Waals surface area contributed by atoms with E-state index >= 15 is 0 Å². The zero-order valence-corrected chi connectivity index (χ0v) is 17.0. The first-order valence-electron chi connectivity index (χ1n) is 8.44. The van der Waals surface area contributed by atoms with Crippen LogP contribution in [-0.4, -0.2) is 20.9 Å². The van der Waals surface area contributed by atoms with Crippen LogP contribution in [0.1, 0.15) is 18.1 Å². The average molecular weight is 441 g/mol. The SMILES string of the molecule is C[C@]1(c2ccc(Br)cc2)N=C(SCc2cnn(-c3ccccc3)c2)NC1=O. The molecule has 0 fully saturated rings. The minimum Gasteiger partial charge on any atom is -0.303 e. The van der Waals surface area contributed by atoms with Crippen LogP contribution in [0.25, 0.3) is 5.69 Å². The van der Waals surface area contributed by atoms with E-state index in [1.54, 1.807) is 0 Å². The van der Waals surface area contributed by atoms with Crippen LogP contribution in [0.3, 0.4) is 0 Å². The summed E-state index contributed by atoms with van der Waals surface area (Å²) in [4.78, 5) is 17.2. The Kier molecular flexibility index (Phi) is 4.88. The lowest BCUT2D eigenvalue weighted by molar-refractivity contribution is -0.123. The van der Waals surface area contributed by atoms with E-state index in [4.69, 9.17) is 0 Å². The molecule has 0 unspecified atom stereocenters. The molecule has 0 aliphatic carbocycles. The standard InChI is InChI=1S/C20H17BrN4OS/c1-20(15-7-9-16(21)10-8-15)18(26)23-19(24-20)27-13-14-11-22-25(12-14)17-5-3-2-4-6-17/h2-12H,13H2,1H3,(H,23,24,26)/t20-/m1/s1. The van der Waals surface area contributed by atoms with Gasteiger partial charge in [0, 0.05) is 22.0 Å². The highest BCUT2D eigenvalue weighted by Gasteiger charge is 2.40. The molecule has 1 aliphatic rings. The zero-order chi connectivity index (χ0) is 18.9. The molecule has 1 N–H and O–H groups in total. The van der Waals surface area contributed by atoms with Crippen molar-refractivity contribution in [2.45, 2.75) is 18.2 Å². The van der Waals surface area contributed by atoms with E-state index in [1.807, 2.05) is 78.6 Å². The number of nitrogens with one attached hydrogen (secondary N) is 1. The van der Waals surface area contributed by atoms with Crippen molar-refractivity contribution in [1.82, 2.24) is 15.1 Å². The first-order chi connectivity index (χ1) is 13.0. The Morgan fingerprint density at radius 2 is 1.89 bits per heavy atom. The van der Waals surface area contributed by atoms with Gasteiger partial charge in [0.15, 0.2) is 10.7 Å². The average Bonchev–Trinajstić information content (AvgIpc) is 3.27. The molecular weight excluding hydrogens is 424 g/mol. The van der Waals surface area contributed by atoms with Gasteiger partial charge in [-0.05, 0) is 36.8 Å². The van der Waals surface area contributed by atoms with Crippen molar-refractivity contribution < 1.29 is 4.79 Å². The first-order valence-corrected chi connectivity index (χ1v) is 10.2. The van der Waals surface area contributed by atoms with E-state index in [0.717, 1.165) is 21.3 Å². The van der Waals surface area contributed by atoms with Gasteiger partial charge in [0.1, 0.15) is 0 Å². The van der Waals surface area contributed by atoms with Gasteiger partial charge in [-0.15, -0.1) is 0 Å². The molecule has 2 aromatic carbocycles. The molecule has 1 aromatic heterocycles. The number of para-hydroxylation sites is 1. The fraction of sp³-hybridized carbons (Fsp3) is 0.150. The van der Waals surface area contributed by atoms with Crippen LogP contribution in [0.4, 0.5) is 0 Å². The molecule has 1 amide bonds. The Morgan fingerprint density at radius 3 is 2.63 bits per heavy atom. The smallest absolute Gasteiger partial charge is 0.258 e. The van der Waals surface area contributed by atoms with Gasteiger partial charge in [0.25, 0.3) is 5.91 Å². The lowest BCUT2D eigenvalue weighted by atomic mass is 9.93. The van der Waals surface area contributed by atoms with Gasteiger partial charge < -0.3 is 5.32 Å².